The van der Waals surface area contributed by atoms with Crippen LogP contribution in [0.1, 0.15) is 5.56 Å². The lowest BCUT2D eigenvalue weighted by molar-refractivity contribution is -0.170. The summed E-state index contributed by atoms with van der Waals surface area (Å²) in [5, 5.41) is 3.06. The molecule has 1 aromatic rings. The number of amides is 3. The highest BCUT2D eigenvalue weighted by Crippen LogP contribution is 2.37. The third-order valence-electron chi connectivity index (χ3n) is 4.30. The molecule has 1 saturated heterocycles. The van der Waals surface area contributed by atoms with Gasteiger partial charge in [-0.05, 0) is 18.2 Å². The van der Waals surface area contributed by atoms with Crippen LogP contribution in [0.2, 0.25) is 0 Å². The van der Waals surface area contributed by atoms with Crippen LogP contribution < -0.4 is 21.3 Å². The van der Waals surface area contributed by atoms with Crippen molar-refractivity contribution in [1.29, 1.82) is 0 Å². The van der Waals surface area contributed by atoms with Crippen LogP contribution >= 0.6 is 0 Å². The number of hydrogen-bond acceptors (Lipinski definition) is 5. The summed E-state index contributed by atoms with van der Waals surface area (Å²) < 4.78 is 96.2. The molecule has 1 aromatic carbocycles. The topological polar surface area (TPSA) is 114 Å². The molecular formula is C17H17F7N4O4. The molecule has 15 heteroatoms. The van der Waals surface area contributed by atoms with Gasteiger partial charge in [0.15, 0.2) is 0 Å². The number of hydrogen-bond donors (Lipinski definition) is 3. The average molecular weight is 474 g/mol. The number of nitrogens with one attached hydrogen (secondary N) is 2. The smallest absolute Gasteiger partial charge is 0.370 e. The number of nitrogens with zero attached hydrogens (tertiary/aromatic N) is 1. The summed E-state index contributed by atoms with van der Waals surface area (Å²) in [6.45, 7) is -1.13. The Morgan fingerprint density at radius 1 is 1.19 bits per heavy atom. The van der Waals surface area contributed by atoms with Gasteiger partial charge in [0.2, 0.25) is 5.91 Å². The summed E-state index contributed by atoms with van der Waals surface area (Å²) in [6.07, 6.45) is -9.39. The molecule has 0 aliphatic carbocycles. The van der Waals surface area contributed by atoms with Gasteiger partial charge in [-0.2, -0.15) is 22.0 Å². The zero-order valence-corrected chi connectivity index (χ0v) is 16.0. The van der Waals surface area contributed by atoms with Crippen molar-refractivity contribution in [2.24, 2.45) is 5.73 Å². The molecular weight excluding hydrogens is 457 g/mol. The highest BCUT2D eigenvalue weighted by Gasteiger charge is 2.49. The van der Waals surface area contributed by atoms with Crippen molar-refractivity contribution in [2.75, 3.05) is 36.5 Å². The molecule has 8 nitrogen and oxygen atoms in total. The van der Waals surface area contributed by atoms with Crippen LogP contribution in [-0.4, -0.2) is 62.4 Å². The average Bonchev–Trinajstić information content (AvgIpc) is 2.71. The molecule has 2 rings (SSSR count). The van der Waals surface area contributed by atoms with Crippen molar-refractivity contribution >= 4 is 29.1 Å². The van der Waals surface area contributed by atoms with E-state index in [-0.39, 0.29) is 25.4 Å². The van der Waals surface area contributed by atoms with Crippen molar-refractivity contribution < 1.29 is 49.9 Å². The fourth-order valence-electron chi connectivity index (χ4n) is 2.64. The molecule has 0 unspecified atom stereocenters. The quantitative estimate of drug-likeness (QED) is 0.517. The highest BCUT2D eigenvalue weighted by atomic mass is 19.4. The lowest BCUT2D eigenvalue weighted by Gasteiger charge is -2.28. The standard InChI is InChI=1S/C17H17F7N4O4/c18-14(19)16(20,21)15(31)27-11(6-25)13(30)26-10-2-1-8(5-9(10)17(22,23)24)28-3-4-32-7-12(28)29/h1-2,5,11,14H,3-4,6-7,25H2,(H,26,30)(H,27,31)/t11-/m1/s1. The van der Waals surface area contributed by atoms with Gasteiger partial charge < -0.3 is 26.0 Å². The molecule has 0 radical (unpaired) electrons. The molecule has 4 N–H and O–H groups in total. The Labute approximate surface area is 175 Å². The molecule has 1 aliphatic heterocycles. The van der Waals surface area contributed by atoms with Crippen molar-refractivity contribution in [3.05, 3.63) is 23.8 Å². The van der Waals surface area contributed by atoms with Gasteiger partial charge in [-0.15, -0.1) is 0 Å². The minimum Gasteiger partial charge on any atom is -0.370 e. The molecule has 0 aromatic heterocycles. The van der Waals surface area contributed by atoms with E-state index in [0.29, 0.717) is 6.07 Å². The van der Waals surface area contributed by atoms with Gasteiger partial charge in [-0.25, -0.2) is 8.78 Å². The Morgan fingerprint density at radius 3 is 2.38 bits per heavy atom. The first-order valence-corrected chi connectivity index (χ1v) is 8.86. The number of benzene rings is 1. The minimum absolute atomic E-state index is 0.0124. The van der Waals surface area contributed by atoms with Gasteiger partial charge >= 0.3 is 18.5 Å². The van der Waals surface area contributed by atoms with Gasteiger partial charge in [0.05, 0.1) is 17.9 Å². The number of rotatable bonds is 7. The van der Waals surface area contributed by atoms with Gasteiger partial charge in [-0.1, -0.05) is 0 Å². The van der Waals surface area contributed by atoms with E-state index in [9.17, 15) is 45.1 Å². The maximum atomic E-state index is 13.5. The van der Waals surface area contributed by atoms with E-state index >= 15 is 0 Å². The zero-order valence-electron chi connectivity index (χ0n) is 16.0. The summed E-state index contributed by atoms with van der Waals surface area (Å²) in [4.78, 5) is 36.4. The second-order valence-corrected chi connectivity index (χ2v) is 6.50. The predicted octanol–water partition coefficient (Wildman–Crippen LogP) is 1.35. The summed E-state index contributed by atoms with van der Waals surface area (Å²) in [6, 6.07) is 0.449. The monoisotopic (exact) mass is 474 g/mol. The number of anilines is 2. The van der Waals surface area contributed by atoms with Crippen molar-refractivity contribution in [3.63, 3.8) is 0 Å². The van der Waals surface area contributed by atoms with E-state index in [2.05, 4.69) is 0 Å². The molecule has 0 spiro atoms. The van der Waals surface area contributed by atoms with Crippen LogP contribution in [0.5, 0.6) is 0 Å². The largest absolute Gasteiger partial charge is 0.418 e. The number of nitrogens with two attached hydrogens (primary N) is 1. The van der Waals surface area contributed by atoms with Crippen molar-refractivity contribution in [3.8, 4) is 0 Å². The van der Waals surface area contributed by atoms with Crippen molar-refractivity contribution in [1.82, 2.24) is 5.32 Å². The Kier molecular flexibility index (Phi) is 7.66. The third kappa shape index (κ3) is 5.64. The van der Waals surface area contributed by atoms with Gasteiger partial charge in [0, 0.05) is 18.8 Å². The second-order valence-electron chi connectivity index (χ2n) is 6.50. The molecule has 1 heterocycles. The maximum absolute atomic E-state index is 13.5. The van der Waals surface area contributed by atoms with E-state index in [1.807, 2.05) is 0 Å². The SMILES string of the molecule is NC[C@@H](NC(=O)C(F)(F)C(F)F)C(=O)Nc1ccc(N2CCOCC2=O)cc1C(F)(F)F. The first-order valence-electron chi connectivity index (χ1n) is 8.86. The number of halogens is 7. The molecule has 1 atom stereocenters. The molecule has 0 bridgehead atoms. The summed E-state index contributed by atoms with van der Waals surface area (Å²) in [5.41, 5.74) is 2.81. The zero-order chi connectivity index (χ0) is 24.3. The van der Waals surface area contributed by atoms with E-state index in [1.54, 1.807) is 5.32 Å². The summed E-state index contributed by atoms with van der Waals surface area (Å²) in [7, 11) is 0. The summed E-state index contributed by atoms with van der Waals surface area (Å²) >= 11 is 0. The Morgan fingerprint density at radius 2 is 1.84 bits per heavy atom. The van der Waals surface area contributed by atoms with Gasteiger partial charge in [-0.3, -0.25) is 14.4 Å². The number of carbonyl (C=O) groups excluding carboxylic acids is 3. The number of morpholine rings is 1. The fourth-order valence-corrected chi connectivity index (χ4v) is 2.64. The van der Waals surface area contributed by atoms with E-state index in [1.165, 1.54) is 5.32 Å². The highest BCUT2D eigenvalue weighted by molar-refractivity contribution is 6.00. The van der Waals surface area contributed by atoms with Crippen LogP contribution in [0.3, 0.4) is 0 Å². The first kappa shape index (κ1) is 25.3. The Hall–Kier alpha value is -2.94. The van der Waals surface area contributed by atoms with E-state index in [4.69, 9.17) is 10.5 Å². The number of carbonyl (C=O) groups is 3. The first-order chi connectivity index (χ1) is 14.8. The summed E-state index contributed by atoms with van der Waals surface area (Å²) in [5.74, 6) is -9.70. The van der Waals surface area contributed by atoms with Crippen LogP contribution in [0.4, 0.5) is 42.1 Å². The minimum atomic E-state index is -5.14. The molecule has 0 saturated carbocycles. The molecule has 1 fully saturated rings. The number of ether oxygens (including phenoxy) is 1. The molecule has 1 aliphatic rings. The Balaban J connectivity index is 2.27. The Bertz CT molecular complexity index is 879. The molecule has 178 valence electrons. The number of alkyl halides is 7. The van der Waals surface area contributed by atoms with Gasteiger partial charge in [0.1, 0.15) is 12.6 Å². The predicted molar refractivity (Wildman–Crippen MR) is 95.2 cm³/mol. The molecule has 3 amide bonds. The van der Waals surface area contributed by atoms with Crippen molar-refractivity contribution in [2.45, 2.75) is 24.6 Å². The maximum Gasteiger partial charge on any atom is 0.418 e. The lowest BCUT2D eigenvalue weighted by Crippen LogP contribution is -2.55. The fraction of sp³-hybridized carbons (Fsp3) is 0.471. The van der Waals surface area contributed by atoms with Crippen LogP contribution in [-0.2, 0) is 25.3 Å². The van der Waals surface area contributed by atoms with E-state index < -0.39 is 60.1 Å². The third-order valence-corrected chi connectivity index (χ3v) is 4.30. The van der Waals surface area contributed by atoms with Crippen LogP contribution in [0.25, 0.3) is 0 Å². The van der Waals surface area contributed by atoms with Gasteiger partial charge in [0.25, 0.3) is 11.8 Å². The lowest BCUT2D eigenvalue weighted by atomic mass is 10.1. The molecule has 32 heavy (non-hydrogen) atoms. The van der Waals surface area contributed by atoms with Crippen LogP contribution in [0, 0.1) is 0 Å². The van der Waals surface area contributed by atoms with E-state index in [0.717, 1.165) is 17.0 Å². The second kappa shape index (κ2) is 9.68. The normalized spacial score (nSPS) is 16.2. The van der Waals surface area contributed by atoms with Crippen LogP contribution in [0.15, 0.2) is 18.2 Å².